The maximum atomic E-state index is 13.3. The van der Waals surface area contributed by atoms with Crippen LogP contribution in [0.25, 0.3) is 21.9 Å². The van der Waals surface area contributed by atoms with Gasteiger partial charge in [-0.1, -0.05) is 6.58 Å². The van der Waals surface area contributed by atoms with Gasteiger partial charge in [0.05, 0.1) is 40.9 Å². The third-order valence-corrected chi connectivity index (χ3v) is 6.89. The number of nitrogens with zero attached hydrogens (tertiary/aromatic N) is 6. The number of amides is 2. The number of fused-ring (bicyclic) bond motifs is 3. The Bertz CT molecular complexity index is 1530. The molecule has 1 aromatic carbocycles. The van der Waals surface area contributed by atoms with E-state index in [1.165, 1.54) is 6.08 Å². The minimum Gasteiger partial charge on any atom is -0.389 e. The van der Waals surface area contributed by atoms with Crippen LogP contribution in [0.15, 0.2) is 49.3 Å². The van der Waals surface area contributed by atoms with Crippen molar-refractivity contribution in [1.29, 1.82) is 0 Å². The van der Waals surface area contributed by atoms with Gasteiger partial charge in [0, 0.05) is 35.9 Å². The molecule has 10 nitrogen and oxygen atoms in total. The molecule has 1 aliphatic rings. The number of benzene rings is 1. The normalized spacial score (nSPS) is 16.5. The summed E-state index contributed by atoms with van der Waals surface area (Å²) >= 11 is 0. The quantitative estimate of drug-likeness (QED) is 0.377. The maximum Gasteiger partial charge on any atom is 0.258 e. The summed E-state index contributed by atoms with van der Waals surface area (Å²) in [5.74, 6) is 0.0242. The van der Waals surface area contributed by atoms with Crippen molar-refractivity contribution in [3.63, 3.8) is 0 Å². The van der Waals surface area contributed by atoms with Gasteiger partial charge in [-0.3, -0.25) is 24.6 Å². The van der Waals surface area contributed by atoms with E-state index in [1.54, 1.807) is 43.1 Å². The second-order valence-electron chi connectivity index (χ2n) is 10.6. The van der Waals surface area contributed by atoms with Gasteiger partial charge in [0.15, 0.2) is 0 Å². The zero-order valence-corrected chi connectivity index (χ0v) is 22.0. The van der Waals surface area contributed by atoms with Crippen LogP contribution < -0.4 is 5.32 Å². The highest BCUT2D eigenvalue weighted by molar-refractivity contribution is 6.07. The summed E-state index contributed by atoms with van der Waals surface area (Å²) in [4.78, 5) is 36.7. The molecule has 0 bridgehead atoms. The van der Waals surface area contributed by atoms with Gasteiger partial charge in [-0.05, 0) is 70.4 Å². The summed E-state index contributed by atoms with van der Waals surface area (Å²) < 4.78 is 3.83. The lowest BCUT2D eigenvalue weighted by atomic mass is 10.1. The average Bonchev–Trinajstić information content (AvgIpc) is 3.33. The van der Waals surface area contributed by atoms with Crippen LogP contribution in [0.1, 0.15) is 55.2 Å². The number of hydrogen-bond acceptors (Lipinski definition) is 6. The van der Waals surface area contributed by atoms with Gasteiger partial charge in [0.1, 0.15) is 0 Å². The van der Waals surface area contributed by atoms with Crippen LogP contribution in [0.2, 0.25) is 0 Å². The molecule has 4 aromatic rings. The molecule has 1 aliphatic heterocycles. The molecule has 1 saturated heterocycles. The van der Waals surface area contributed by atoms with Gasteiger partial charge in [-0.25, -0.2) is 4.98 Å². The van der Waals surface area contributed by atoms with E-state index in [2.05, 4.69) is 26.5 Å². The molecular weight excluding hydrogens is 482 g/mol. The Balaban J connectivity index is 1.66. The molecule has 1 atom stereocenters. The lowest BCUT2D eigenvalue weighted by Crippen LogP contribution is -2.34. The third kappa shape index (κ3) is 5.04. The number of imidazole rings is 1. The van der Waals surface area contributed by atoms with Crippen molar-refractivity contribution in [1.82, 2.24) is 29.2 Å². The Labute approximate surface area is 221 Å². The zero-order valence-electron chi connectivity index (χ0n) is 22.0. The zero-order chi connectivity index (χ0) is 27.0. The number of aliphatic hydroxyl groups is 1. The molecule has 198 valence electrons. The highest BCUT2D eigenvalue weighted by atomic mass is 16.3. The number of anilines is 1. The Morgan fingerprint density at radius 2 is 2.08 bits per heavy atom. The number of nitrogens with one attached hydrogen (secondary N) is 1. The highest BCUT2D eigenvalue weighted by Gasteiger charge is 2.28. The summed E-state index contributed by atoms with van der Waals surface area (Å²) in [6, 6.07) is 7.13. The van der Waals surface area contributed by atoms with Crippen molar-refractivity contribution >= 4 is 39.7 Å². The van der Waals surface area contributed by atoms with Gasteiger partial charge in [-0.15, -0.1) is 0 Å². The lowest BCUT2D eigenvalue weighted by Gasteiger charge is -2.26. The Hall–Kier alpha value is -4.05. The standard InChI is InChI=1S/C28H33N7O3/c1-5-24(36)33-13-7-6-8-20(16-33)35-25-21-15-30-34(17-28(3,4)38)23(21)10-9-22(25)31-27(35)32-26(37)19-11-12-29-18(2)14-19/h5,9-12,14-15,20,38H,1,6-8,13,16-17H2,2-4H3,(H,31,32,37)/t20-/m1/s1. The number of carbonyl (C=O) groups is 2. The fourth-order valence-electron chi connectivity index (χ4n) is 5.20. The van der Waals surface area contributed by atoms with E-state index in [-0.39, 0.29) is 17.9 Å². The third-order valence-electron chi connectivity index (χ3n) is 6.89. The van der Waals surface area contributed by atoms with Crippen molar-refractivity contribution < 1.29 is 14.7 Å². The SMILES string of the molecule is C=CC(=O)N1CCCC[C@@H](n2c(NC(=O)c3ccnc(C)c3)nc3ccc4c(cnn4CC(C)(C)O)c32)C1. The first kappa shape index (κ1) is 25.6. The van der Waals surface area contributed by atoms with Crippen molar-refractivity contribution in [2.45, 2.75) is 58.2 Å². The van der Waals surface area contributed by atoms with E-state index in [0.717, 1.165) is 41.4 Å². The number of rotatable bonds is 6. The second-order valence-corrected chi connectivity index (χ2v) is 10.6. The van der Waals surface area contributed by atoms with Gasteiger partial charge in [0.25, 0.3) is 5.91 Å². The van der Waals surface area contributed by atoms with Crippen molar-refractivity contribution in [2.75, 3.05) is 18.4 Å². The summed E-state index contributed by atoms with van der Waals surface area (Å²) in [6.07, 6.45) is 7.37. The van der Waals surface area contributed by atoms with Gasteiger partial charge >= 0.3 is 0 Å². The molecule has 38 heavy (non-hydrogen) atoms. The van der Waals surface area contributed by atoms with Crippen LogP contribution >= 0.6 is 0 Å². The first-order valence-electron chi connectivity index (χ1n) is 12.9. The number of hydrogen-bond donors (Lipinski definition) is 2. The van der Waals surface area contributed by atoms with Gasteiger partial charge in [0.2, 0.25) is 11.9 Å². The van der Waals surface area contributed by atoms with Crippen LogP contribution in [0.3, 0.4) is 0 Å². The molecule has 0 unspecified atom stereocenters. The maximum absolute atomic E-state index is 13.3. The molecule has 0 radical (unpaired) electrons. The predicted molar refractivity (Wildman–Crippen MR) is 146 cm³/mol. The van der Waals surface area contributed by atoms with Crippen molar-refractivity contribution in [2.24, 2.45) is 0 Å². The largest absolute Gasteiger partial charge is 0.389 e. The smallest absolute Gasteiger partial charge is 0.258 e. The summed E-state index contributed by atoms with van der Waals surface area (Å²) in [6.45, 7) is 10.5. The van der Waals surface area contributed by atoms with Gasteiger partial charge in [-0.2, -0.15) is 5.10 Å². The van der Waals surface area contributed by atoms with E-state index in [4.69, 9.17) is 4.98 Å². The molecule has 10 heteroatoms. The molecule has 0 saturated carbocycles. The minimum atomic E-state index is -0.942. The molecule has 4 heterocycles. The Morgan fingerprint density at radius 1 is 1.26 bits per heavy atom. The van der Waals surface area contributed by atoms with Crippen LogP contribution in [-0.4, -0.2) is 64.8 Å². The van der Waals surface area contributed by atoms with Crippen molar-refractivity contribution in [3.8, 4) is 0 Å². The van der Waals surface area contributed by atoms with E-state index < -0.39 is 5.60 Å². The Morgan fingerprint density at radius 3 is 2.82 bits per heavy atom. The molecule has 0 aliphatic carbocycles. The molecule has 3 aromatic heterocycles. The molecule has 1 fully saturated rings. The number of likely N-dealkylation sites (tertiary alicyclic amines) is 1. The van der Waals surface area contributed by atoms with Crippen LogP contribution in [0, 0.1) is 6.92 Å². The molecule has 0 spiro atoms. The Kier molecular flexibility index (Phi) is 6.75. The second kappa shape index (κ2) is 10.0. The summed E-state index contributed by atoms with van der Waals surface area (Å²) in [5.41, 5.74) is 2.70. The van der Waals surface area contributed by atoms with E-state index in [0.29, 0.717) is 36.7 Å². The van der Waals surface area contributed by atoms with Crippen LogP contribution in [0.4, 0.5) is 5.95 Å². The van der Waals surface area contributed by atoms with Crippen LogP contribution in [-0.2, 0) is 11.3 Å². The number of aryl methyl sites for hydroxylation is 1. The van der Waals surface area contributed by atoms with Crippen LogP contribution in [0.5, 0.6) is 0 Å². The highest BCUT2D eigenvalue weighted by Crippen LogP contribution is 2.35. The molecule has 2 N–H and O–H groups in total. The first-order chi connectivity index (χ1) is 18.1. The van der Waals surface area contributed by atoms with Crippen molar-refractivity contribution in [3.05, 3.63) is 60.6 Å². The minimum absolute atomic E-state index is 0.109. The first-order valence-corrected chi connectivity index (χ1v) is 12.9. The number of aromatic nitrogens is 5. The molecule has 5 rings (SSSR count). The molecular formula is C28H33N7O3. The molecule has 2 amide bonds. The predicted octanol–water partition coefficient (Wildman–Crippen LogP) is 3.85. The topological polar surface area (TPSA) is 118 Å². The summed E-state index contributed by atoms with van der Waals surface area (Å²) in [5, 5.41) is 18.9. The van der Waals surface area contributed by atoms with Gasteiger partial charge < -0.3 is 14.6 Å². The van der Waals surface area contributed by atoms with E-state index >= 15 is 0 Å². The lowest BCUT2D eigenvalue weighted by molar-refractivity contribution is -0.126. The van der Waals surface area contributed by atoms with E-state index in [1.807, 2.05) is 24.0 Å². The number of pyridine rings is 1. The van der Waals surface area contributed by atoms with E-state index in [9.17, 15) is 14.7 Å². The fourth-order valence-corrected chi connectivity index (χ4v) is 5.20. The summed E-state index contributed by atoms with van der Waals surface area (Å²) in [7, 11) is 0. The fraction of sp³-hybridized carbons (Fsp3) is 0.393. The monoisotopic (exact) mass is 515 g/mol. The number of carbonyl (C=O) groups excluding carboxylic acids is 2. The average molecular weight is 516 g/mol.